The maximum absolute atomic E-state index is 12.2. The highest BCUT2D eigenvalue weighted by Gasteiger charge is 2.16. The van der Waals surface area contributed by atoms with Crippen LogP contribution in [0.5, 0.6) is 0 Å². The van der Waals surface area contributed by atoms with E-state index in [0.717, 1.165) is 5.56 Å². The summed E-state index contributed by atoms with van der Waals surface area (Å²) in [5.74, 6) is 0.169. The molecule has 0 saturated carbocycles. The van der Waals surface area contributed by atoms with Crippen molar-refractivity contribution in [3.05, 3.63) is 62.8 Å². The van der Waals surface area contributed by atoms with Crippen LogP contribution in [0.3, 0.4) is 0 Å². The van der Waals surface area contributed by atoms with Crippen LogP contribution in [0.4, 0.5) is 0 Å². The maximum Gasteiger partial charge on any atom is 0.254 e. The number of carbonyl (C=O) groups is 1. The normalized spacial score (nSPS) is 11.6. The average molecular weight is 421 g/mol. The van der Waals surface area contributed by atoms with E-state index in [1.807, 2.05) is 0 Å². The lowest BCUT2D eigenvalue weighted by molar-refractivity contribution is -0.121. The third-order valence-corrected chi connectivity index (χ3v) is 5.82. The van der Waals surface area contributed by atoms with Crippen LogP contribution in [0.2, 0.25) is 0 Å². The minimum atomic E-state index is -3.46. The summed E-state index contributed by atoms with van der Waals surface area (Å²) in [6.07, 6.45) is 0.429. The molecule has 0 fully saturated rings. The number of hydrogen-bond acceptors (Lipinski definition) is 5. The van der Waals surface area contributed by atoms with Crippen LogP contribution >= 0.6 is 0 Å². The summed E-state index contributed by atoms with van der Waals surface area (Å²) in [5, 5.41) is 2.80. The van der Waals surface area contributed by atoms with Gasteiger partial charge in [0.2, 0.25) is 15.9 Å². The highest BCUT2D eigenvalue weighted by Crippen LogP contribution is 2.13. The molecule has 9 heteroatoms. The molecule has 0 saturated heterocycles. The van der Waals surface area contributed by atoms with E-state index >= 15 is 0 Å². The number of rotatable bonds is 9. The van der Waals surface area contributed by atoms with E-state index in [9.17, 15) is 18.0 Å². The average Bonchev–Trinajstić information content (AvgIpc) is 2.58. The molecule has 0 aliphatic carbocycles. The van der Waals surface area contributed by atoms with Crippen molar-refractivity contribution < 1.29 is 13.2 Å². The molecule has 0 atom stereocenters. The van der Waals surface area contributed by atoms with Crippen LogP contribution in [0.25, 0.3) is 0 Å². The predicted octanol–water partition coefficient (Wildman–Crippen LogP) is 1.46. The van der Waals surface area contributed by atoms with E-state index in [0.29, 0.717) is 22.6 Å². The SMILES string of the molecule is Cc1nc(C)c(CCC(=O)NCc2ccccc2CS(=O)(=O)NC(C)C)c(=O)[nH]1. The number of benzene rings is 1. The van der Waals surface area contributed by atoms with Crippen molar-refractivity contribution in [1.82, 2.24) is 20.0 Å². The quantitative estimate of drug-likeness (QED) is 0.567. The molecule has 0 aliphatic heterocycles. The van der Waals surface area contributed by atoms with Gasteiger partial charge in [-0.25, -0.2) is 18.1 Å². The van der Waals surface area contributed by atoms with Crippen LogP contribution < -0.4 is 15.6 Å². The molecule has 0 aliphatic rings. The fraction of sp³-hybridized carbons (Fsp3) is 0.450. The standard InChI is InChI=1S/C20H28N4O4S/c1-13(2)24-29(27,28)12-17-8-6-5-7-16(17)11-21-19(25)10-9-18-14(3)22-15(4)23-20(18)26/h5-8,13,24H,9-12H2,1-4H3,(H,21,25)(H,22,23,26). The number of aromatic nitrogens is 2. The number of hydrogen-bond donors (Lipinski definition) is 3. The lowest BCUT2D eigenvalue weighted by atomic mass is 10.1. The Morgan fingerprint density at radius 1 is 1.17 bits per heavy atom. The molecule has 0 radical (unpaired) electrons. The number of nitrogens with zero attached hydrogens (tertiary/aromatic N) is 1. The minimum absolute atomic E-state index is 0.143. The highest BCUT2D eigenvalue weighted by molar-refractivity contribution is 7.88. The Labute approximate surface area is 171 Å². The number of H-pyrrole nitrogens is 1. The molecular weight excluding hydrogens is 392 g/mol. The molecular formula is C20H28N4O4S. The van der Waals surface area contributed by atoms with Gasteiger partial charge in [0.1, 0.15) is 5.82 Å². The number of carbonyl (C=O) groups excluding carboxylic acids is 1. The van der Waals surface area contributed by atoms with E-state index in [1.54, 1.807) is 52.0 Å². The van der Waals surface area contributed by atoms with Gasteiger partial charge in [-0.3, -0.25) is 9.59 Å². The van der Waals surface area contributed by atoms with Gasteiger partial charge in [-0.2, -0.15) is 0 Å². The van der Waals surface area contributed by atoms with Gasteiger partial charge in [-0.05, 0) is 45.2 Å². The lowest BCUT2D eigenvalue weighted by Crippen LogP contribution is -2.32. The summed E-state index contributed by atoms with van der Waals surface area (Å²) in [4.78, 5) is 31.1. The van der Waals surface area contributed by atoms with E-state index < -0.39 is 10.0 Å². The zero-order chi connectivity index (χ0) is 21.6. The highest BCUT2D eigenvalue weighted by atomic mass is 32.2. The predicted molar refractivity (Wildman–Crippen MR) is 112 cm³/mol. The molecule has 158 valence electrons. The molecule has 3 N–H and O–H groups in total. The van der Waals surface area contributed by atoms with Gasteiger partial charge in [0, 0.05) is 30.3 Å². The van der Waals surface area contributed by atoms with Gasteiger partial charge >= 0.3 is 0 Å². The van der Waals surface area contributed by atoms with Crippen LogP contribution in [0.1, 0.15) is 48.5 Å². The monoisotopic (exact) mass is 420 g/mol. The Bertz CT molecular complexity index is 1030. The summed E-state index contributed by atoms with van der Waals surface area (Å²) < 4.78 is 27.0. The largest absolute Gasteiger partial charge is 0.352 e. The van der Waals surface area contributed by atoms with Crippen LogP contribution in [0.15, 0.2) is 29.1 Å². The first kappa shape index (κ1) is 22.8. The number of amides is 1. The van der Waals surface area contributed by atoms with E-state index in [4.69, 9.17) is 0 Å². The zero-order valence-corrected chi connectivity index (χ0v) is 18.0. The van der Waals surface area contributed by atoms with Gasteiger partial charge in [0.05, 0.1) is 5.75 Å². The topological polar surface area (TPSA) is 121 Å². The molecule has 29 heavy (non-hydrogen) atoms. The van der Waals surface area contributed by atoms with E-state index in [2.05, 4.69) is 20.0 Å². The third-order valence-electron chi connectivity index (χ3n) is 4.30. The molecule has 0 unspecified atom stereocenters. The fourth-order valence-corrected chi connectivity index (χ4v) is 4.54. The zero-order valence-electron chi connectivity index (χ0n) is 17.2. The summed E-state index contributed by atoms with van der Waals surface area (Å²) in [6.45, 7) is 7.20. The number of sulfonamides is 1. The first-order valence-electron chi connectivity index (χ1n) is 9.47. The maximum atomic E-state index is 12.2. The lowest BCUT2D eigenvalue weighted by Gasteiger charge is -2.13. The van der Waals surface area contributed by atoms with Gasteiger partial charge in [0.15, 0.2) is 0 Å². The van der Waals surface area contributed by atoms with Crippen molar-refractivity contribution in [2.45, 2.75) is 58.9 Å². The molecule has 2 rings (SSSR count). The molecule has 8 nitrogen and oxygen atoms in total. The Hall–Kier alpha value is -2.52. The third kappa shape index (κ3) is 7.10. The second kappa shape index (κ2) is 9.80. The Morgan fingerprint density at radius 3 is 2.45 bits per heavy atom. The van der Waals surface area contributed by atoms with Crippen LogP contribution in [0, 0.1) is 13.8 Å². The fourth-order valence-electron chi connectivity index (χ4n) is 3.04. The number of aromatic amines is 1. The molecule has 0 bridgehead atoms. The van der Waals surface area contributed by atoms with E-state index in [1.165, 1.54) is 0 Å². The first-order chi connectivity index (χ1) is 13.6. The smallest absolute Gasteiger partial charge is 0.254 e. The van der Waals surface area contributed by atoms with Crippen LogP contribution in [-0.2, 0) is 33.5 Å². The van der Waals surface area contributed by atoms with Crippen molar-refractivity contribution in [3.63, 3.8) is 0 Å². The van der Waals surface area contributed by atoms with E-state index in [-0.39, 0.29) is 42.6 Å². The summed E-state index contributed by atoms with van der Waals surface area (Å²) in [7, 11) is -3.46. The molecule has 1 amide bonds. The second-order valence-corrected chi connectivity index (χ2v) is 9.05. The molecule has 2 aromatic rings. The minimum Gasteiger partial charge on any atom is -0.352 e. The number of nitrogens with one attached hydrogen (secondary N) is 3. The summed E-state index contributed by atoms with van der Waals surface area (Å²) in [5.41, 5.74) is 2.26. The summed E-state index contributed by atoms with van der Waals surface area (Å²) in [6, 6.07) is 6.91. The summed E-state index contributed by atoms with van der Waals surface area (Å²) >= 11 is 0. The van der Waals surface area contributed by atoms with Gasteiger partial charge in [-0.1, -0.05) is 24.3 Å². The number of aryl methyl sites for hydroxylation is 2. The Morgan fingerprint density at radius 2 is 1.83 bits per heavy atom. The van der Waals surface area contributed by atoms with Gasteiger partial charge in [-0.15, -0.1) is 0 Å². The van der Waals surface area contributed by atoms with Crippen molar-refractivity contribution in [2.24, 2.45) is 0 Å². The first-order valence-corrected chi connectivity index (χ1v) is 11.1. The molecule has 1 aromatic carbocycles. The second-order valence-electron chi connectivity index (χ2n) is 7.29. The molecule has 1 aromatic heterocycles. The molecule has 0 spiro atoms. The van der Waals surface area contributed by atoms with Gasteiger partial charge in [0.25, 0.3) is 5.56 Å². The van der Waals surface area contributed by atoms with Crippen molar-refractivity contribution >= 4 is 15.9 Å². The van der Waals surface area contributed by atoms with Gasteiger partial charge < -0.3 is 10.3 Å². The molecule has 1 heterocycles. The van der Waals surface area contributed by atoms with Crippen molar-refractivity contribution in [2.75, 3.05) is 0 Å². The van der Waals surface area contributed by atoms with Crippen molar-refractivity contribution in [3.8, 4) is 0 Å². The Kier molecular flexibility index (Phi) is 7.69. The van der Waals surface area contributed by atoms with Crippen molar-refractivity contribution in [1.29, 1.82) is 0 Å². The van der Waals surface area contributed by atoms with Crippen LogP contribution in [-0.4, -0.2) is 30.3 Å². The Balaban J connectivity index is 1.98.